The quantitative estimate of drug-likeness (QED) is 0.771. The molecule has 0 spiro atoms. The number of hydrogen-bond donors (Lipinski definition) is 2. The van der Waals surface area contributed by atoms with Crippen molar-refractivity contribution in [1.82, 2.24) is 14.8 Å². The molecular formula is C16H16N4O3. The molecule has 3 aromatic rings. The highest BCUT2D eigenvalue weighted by molar-refractivity contribution is 6.11. The molecule has 0 saturated heterocycles. The molecule has 1 amide bonds. The molecule has 0 aliphatic heterocycles. The number of benzene rings is 1. The summed E-state index contributed by atoms with van der Waals surface area (Å²) in [6.45, 7) is 2.39. The van der Waals surface area contributed by atoms with Crippen LogP contribution in [0.25, 0.3) is 10.9 Å². The number of pyridine rings is 1. The summed E-state index contributed by atoms with van der Waals surface area (Å²) < 4.78 is 6.76. The number of aromatic nitrogens is 3. The van der Waals surface area contributed by atoms with Crippen molar-refractivity contribution in [3.8, 4) is 5.75 Å². The molecule has 0 bridgehead atoms. The minimum Gasteiger partial charge on any atom is -0.494 e. The number of carbonyl (C=O) groups is 1. The van der Waals surface area contributed by atoms with Gasteiger partial charge in [0.15, 0.2) is 5.69 Å². The lowest BCUT2D eigenvalue weighted by atomic mass is 10.2. The van der Waals surface area contributed by atoms with E-state index in [-0.39, 0.29) is 17.2 Å². The number of rotatable bonds is 4. The van der Waals surface area contributed by atoms with Gasteiger partial charge >= 0.3 is 0 Å². The fourth-order valence-corrected chi connectivity index (χ4v) is 2.40. The number of para-hydroxylation sites is 1. The molecule has 0 aliphatic rings. The SMILES string of the molecule is CCn1cc(NC(=O)c2n[nH]c3c(OC)cccc23)ccc1=O. The summed E-state index contributed by atoms with van der Waals surface area (Å²) in [4.78, 5) is 24.0. The first-order chi connectivity index (χ1) is 11.1. The molecule has 2 N–H and O–H groups in total. The van der Waals surface area contributed by atoms with Gasteiger partial charge in [-0.15, -0.1) is 0 Å². The molecule has 0 radical (unpaired) electrons. The van der Waals surface area contributed by atoms with Gasteiger partial charge in [0, 0.05) is 24.2 Å². The summed E-state index contributed by atoms with van der Waals surface area (Å²) >= 11 is 0. The Hall–Kier alpha value is -3.09. The van der Waals surface area contributed by atoms with E-state index in [1.54, 1.807) is 37.6 Å². The third-order valence-corrected chi connectivity index (χ3v) is 3.58. The minimum absolute atomic E-state index is 0.111. The Balaban J connectivity index is 1.94. The maximum atomic E-state index is 12.5. The second kappa shape index (κ2) is 5.96. The zero-order valence-corrected chi connectivity index (χ0v) is 12.8. The van der Waals surface area contributed by atoms with Crippen LogP contribution >= 0.6 is 0 Å². The van der Waals surface area contributed by atoms with Crippen LogP contribution in [-0.4, -0.2) is 27.8 Å². The molecule has 2 heterocycles. The van der Waals surface area contributed by atoms with Gasteiger partial charge in [-0.05, 0) is 19.1 Å². The molecule has 7 heteroatoms. The number of aryl methyl sites for hydroxylation is 1. The predicted octanol–water partition coefficient (Wildman–Crippen LogP) is 2.01. The Bertz CT molecular complexity index is 926. The first kappa shape index (κ1) is 14.8. The first-order valence-corrected chi connectivity index (χ1v) is 7.17. The number of ether oxygens (including phenoxy) is 1. The van der Waals surface area contributed by atoms with Crippen molar-refractivity contribution in [2.75, 3.05) is 12.4 Å². The van der Waals surface area contributed by atoms with E-state index in [0.717, 1.165) is 0 Å². The van der Waals surface area contributed by atoms with E-state index in [1.165, 1.54) is 10.6 Å². The number of hydrogen-bond acceptors (Lipinski definition) is 4. The smallest absolute Gasteiger partial charge is 0.276 e. The van der Waals surface area contributed by atoms with Crippen LogP contribution in [-0.2, 0) is 6.54 Å². The monoisotopic (exact) mass is 312 g/mol. The molecule has 3 rings (SSSR count). The number of amides is 1. The van der Waals surface area contributed by atoms with Crippen LogP contribution in [0, 0.1) is 0 Å². The van der Waals surface area contributed by atoms with Gasteiger partial charge in [-0.1, -0.05) is 12.1 Å². The normalized spacial score (nSPS) is 10.7. The fourth-order valence-electron chi connectivity index (χ4n) is 2.40. The molecule has 2 aromatic heterocycles. The summed E-state index contributed by atoms with van der Waals surface area (Å²) in [5.41, 5.74) is 1.36. The highest BCUT2D eigenvalue weighted by Gasteiger charge is 2.16. The number of H-pyrrole nitrogens is 1. The average molecular weight is 312 g/mol. The van der Waals surface area contributed by atoms with E-state index in [9.17, 15) is 9.59 Å². The third-order valence-electron chi connectivity index (χ3n) is 3.58. The molecule has 0 fully saturated rings. The van der Waals surface area contributed by atoms with Gasteiger partial charge in [-0.25, -0.2) is 0 Å². The molecule has 118 valence electrons. The first-order valence-electron chi connectivity index (χ1n) is 7.17. The molecule has 0 atom stereocenters. The lowest BCUT2D eigenvalue weighted by Crippen LogP contribution is -2.20. The Morgan fingerprint density at radius 3 is 2.91 bits per heavy atom. The molecule has 0 aliphatic carbocycles. The number of nitrogens with one attached hydrogen (secondary N) is 2. The molecular weight excluding hydrogens is 296 g/mol. The van der Waals surface area contributed by atoms with Crippen molar-refractivity contribution in [3.63, 3.8) is 0 Å². The van der Waals surface area contributed by atoms with E-state index in [1.807, 2.05) is 6.92 Å². The van der Waals surface area contributed by atoms with Crippen LogP contribution in [0.2, 0.25) is 0 Å². The van der Waals surface area contributed by atoms with Crippen LogP contribution in [0.1, 0.15) is 17.4 Å². The number of aromatic amines is 1. The van der Waals surface area contributed by atoms with Gasteiger partial charge in [0.05, 0.1) is 12.8 Å². The van der Waals surface area contributed by atoms with Crippen molar-refractivity contribution >= 4 is 22.5 Å². The summed E-state index contributed by atoms with van der Waals surface area (Å²) in [7, 11) is 1.56. The van der Waals surface area contributed by atoms with Crippen molar-refractivity contribution in [1.29, 1.82) is 0 Å². The Morgan fingerprint density at radius 1 is 1.35 bits per heavy atom. The third kappa shape index (κ3) is 2.68. The van der Waals surface area contributed by atoms with Gasteiger partial charge in [0.25, 0.3) is 11.5 Å². The Morgan fingerprint density at radius 2 is 2.17 bits per heavy atom. The summed E-state index contributed by atoms with van der Waals surface area (Å²) in [5.74, 6) is 0.263. The standard InChI is InChI=1S/C16H16N4O3/c1-3-20-9-10(7-8-13(20)21)17-16(22)15-11-5-4-6-12(23-2)14(11)18-19-15/h4-9H,3H2,1-2H3,(H,17,22)(H,18,19). The fraction of sp³-hybridized carbons (Fsp3) is 0.188. The lowest BCUT2D eigenvalue weighted by molar-refractivity contribution is 0.102. The molecule has 1 aromatic carbocycles. The zero-order chi connectivity index (χ0) is 16.4. The highest BCUT2D eigenvalue weighted by atomic mass is 16.5. The Kier molecular flexibility index (Phi) is 3.84. The maximum Gasteiger partial charge on any atom is 0.276 e. The second-order valence-electron chi connectivity index (χ2n) is 4.95. The number of fused-ring (bicyclic) bond motifs is 1. The van der Waals surface area contributed by atoms with Crippen molar-refractivity contribution in [2.24, 2.45) is 0 Å². The van der Waals surface area contributed by atoms with Crippen molar-refractivity contribution in [3.05, 3.63) is 52.6 Å². The lowest BCUT2D eigenvalue weighted by Gasteiger charge is -2.07. The van der Waals surface area contributed by atoms with Crippen molar-refractivity contribution < 1.29 is 9.53 Å². The van der Waals surface area contributed by atoms with Gasteiger partial charge in [-0.3, -0.25) is 14.7 Å². The topological polar surface area (TPSA) is 89.0 Å². The minimum atomic E-state index is -0.356. The van der Waals surface area contributed by atoms with Gasteiger partial charge < -0.3 is 14.6 Å². The van der Waals surface area contributed by atoms with E-state index < -0.39 is 0 Å². The van der Waals surface area contributed by atoms with Gasteiger partial charge in [-0.2, -0.15) is 5.10 Å². The Labute approximate surface area is 131 Å². The second-order valence-corrected chi connectivity index (χ2v) is 4.95. The van der Waals surface area contributed by atoms with Gasteiger partial charge in [0.2, 0.25) is 0 Å². The molecule has 0 unspecified atom stereocenters. The summed E-state index contributed by atoms with van der Waals surface area (Å²) in [6.07, 6.45) is 1.61. The largest absolute Gasteiger partial charge is 0.494 e. The van der Waals surface area contributed by atoms with Crippen LogP contribution in [0.15, 0.2) is 41.3 Å². The van der Waals surface area contributed by atoms with E-state index >= 15 is 0 Å². The van der Waals surface area contributed by atoms with Crippen molar-refractivity contribution in [2.45, 2.75) is 13.5 Å². The molecule has 23 heavy (non-hydrogen) atoms. The summed E-state index contributed by atoms with van der Waals surface area (Å²) in [6, 6.07) is 8.37. The average Bonchev–Trinajstić information content (AvgIpc) is 3.00. The number of methoxy groups -OCH3 is 1. The molecule has 0 saturated carbocycles. The number of carbonyl (C=O) groups excluding carboxylic acids is 1. The number of anilines is 1. The van der Waals surface area contributed by atoms with Crippen LogP contribution in [0.3, 0.4) is 0 Å². The van der Waals surface area contributed by atoms with Crippen LogP contribution in [0.5, 0.6) is 5.75 Å². The molecule has 7 nitrogen and oxygen atoms in total. The predicted molar refractivity (Wildman–Crippen MR) is 87.0 cm³/mol. The van der Waals surface area contributed by atoms with Crippen LogP contribution in [0.4, 0.5) is 5.69 Å². The van der Waals surface area contributed by atoms with E-state index in [2.05, 4.69) is 15.5 Å². The maximum absolute atomic E-state index is 12.5. The zero-order valence-electron chi connectivity index (χ0n) is 12.8. The van der Waals surface area contributed by atoms with E-state index in [4.69, 9.17) is 4.74 Å². The van der Waals surface area contributed by atoms with Crippen LogP contribution < -0.4 is 15.6 Å². The van der Waals surface area contributed by atoms with Gasteiger partial charge in [0.1, 0.15) is 11.3 Å². The van der Waals surface area contributed by atoms with E-state index in [0.29, 0.717) is 28.9 Å². The summed E-state index contributed by atoms with van der Waals surface area (Å²) in [5, 5.41) is 10.3. The number of nitrogens with zero attached hydrogens (tertiary/aromatic N) is 2. The highest BCUT2D eigenvalue weighted by Crippen LogP contribution is 2.25.